The molecule has 0 radical (unpaired) electrons. The van der Waals surface area contributed by atoms with E-state index in [0.717, 1.165) is 25.7 Å². The summed E-state index contributed by atoms with van der Waals surface area (Å²) >= 11 is 0. The maximum Gasteiger partial charge on any atom is 0.159 e. The van der Waals surface area contributed by atoms with E-state index < -0.39 is 0 Å². The van der Waals surface area contributed by atoms with Gasteiger partial charge in [0.1, 0.15) is 0 Å². The van der Waals surface area contributed by atoms with Gasteiger partial charge in [-0.3, -0.25) is 0 Å². The minimum absolute atomic E-state index is 0.00221. The second-order valence-corrected chi connectivity index (χ2v) is 9.03. The van der Waals surface area contributed by atoms with E-state index in [1.807, 2.05) is 13.8 Å². The molecule has 2 N–H and O–H groups in total. The first kappa shape index (κ1) is 24.9. The van der Waals surface area contributed by atoms with Crippen LogP contribution in [0.2, 0.25) is 0 Å². The molecule has 4 heteroatoms. The Kier molecular flexibility index (Phi) is 9.73. The fraction of sp³-hybridized carbons (Fsp3) is 0.571. The molecular weight excluding hydrogens is 398 g/mol. The number of rotatable bonds is 6. The molecule has 32 heavy (non-hydrogen) atoms. The largest absolute Gasteiger partial charge is 0.375 e. The van der Waals surface area contributed by atoms with Crippen LogP contribution in [0, 0.1) is 11.8 Å². The Morgan fingerprint density at radius 3 is 1.97 bits per heavy atom. The van der Waals surface area contributed by atoms with Gasteiger partial charge in [-0.05, 0) is 56.1 Å². The number of hydrogen-bond acceptors (Lipinski definition) is 4. The summed E-state index contributed by atoms with van der Waals surface area (Å²) in [6.07, 6.45) is 3.67. The molecule has 176 valence electrons. The van der Waals surface area contributed by atoms with Crippen molar-refractivity contribution in [3.63, 3.8) is 0 Å². The summed E-state index contributed by atoms with van der Waals surface area (Å²) in [4.78, 5) is 0. The molecule has 2 aliphatic heterocycles. The predicted molar refractivity (Wildman–Crippen MR) is 130 cm³/mol. The molecule has 0 saturated carbocycles. The molecule has 7 unspecified atom stereocenters. The summed E-state index contributed by atoms with van der Waals surface area (Å²) in [7, 11) is 0. The highest BCUT2D eigenvalue weighted by Gasteiger charge is 2.41. The Morgan fingerprint density at radius 2 is 1.41 bits per heavy atom. The molecule has 7 atom stereocenters. The first-order chi connectivity index (χ1) is 15.6. The highest BCUT2D eigenvalue weighted by atomic mass is 16.7. The van der Waals surface area contributed by atoms with E-state index in [-0.39, 0.29) is 30.6 Å². The average molecular weight is 440 g/mol. The average Bonchev–Trinajstić information content (AvgIpc) is 2.80. The number of nitrogens with two attached hydrogens (primary N) is 1. The van der Waals surface area contributed by atoms with Gasteiger partial charge >= 0.3 is 0 Å². The van der Waals surface area contributed by atoms with Gasteiger partial charge in [0, 0.05) is 12.5 Å². The van der Waals surface area contributed by atoms with E-state index in [9.17, 15) is 0 Å². The van der Waals surface area contributed by atoms with Gasteiger partial charge in [-0.15, -0.1) is 0 Å². The van der Waals surface area contributed by atoms with Gasteiger partial charge in [0.15, 0.2) is 6.29 Å². The lowest BCUT2D eigenvalue weighted by Crippen LogP contribution is -2.50. The summed E-state index contributed by atoms with van der Waals surface area (Å²) in [5.74, 6) is 0.731. The topological polar surface area (TPSA) is 53.7 Å². The second-order valence-electron chi connectivity index (χ2n) is 9.03. The van der Waals surface area contributed by atoms with E-state index in [1.54, 1.807) is 0 Å². The number of hydrogen-bond donors (Lipinski definition) is 1. The molecule has 0 aromatic heterocycles. The van der Waals surface area contributed by atoms with Crippen molar-refractivity contribution in [2.24, 2.45) is 17.6 Å². The minimum Gasteiger partial charge on any atom is -0.375 e. The Morgan fingerprint density at radius 1 is 0.844 bits per heavy atom. The second kappa shape index (κ2) is 12.5. The summed E-state index contributed by atoms with van der Waals surface area (Å²) in [6, 6.07) is 21.6. The van der Waals surface area contributed by atoms with Gasteiger partial charge in [-0.25, -0.2) is 0 Å². The molecule has 4 nitrogen and oxygen atoms in total. The summed E-state index contributed by atoms with van der Waals surface area (Å²) in [5, 5.41) is 0. The van der Waals surface area contributed by atoms with Crippen LogP contribution in [0.5, 0.6) is 0 Å². The van der Waals surface area contributed by atoms with Crippen molar-refractivity contribution in [1.29, 1.82) is 0 Å². The lowest BCUT2D eigenvalue weighted by Gasteiger charge is -2.44. The van der Waals surface area contributed by atoms with Crippen molar-refractivity contribution >= 4 is 0 Å². The van der Waals surface area contributed by atoms with E-state index in [4.69, 9.17) is 19.9 Å². The van der Waals surface area contributed by atoms with Crippen molar-refractivity contribution < 1.29 is 14.2 Å². The molecule has 2 fully saturated rings. The molecule has 2 saturated heterocycles. The van der Waals surface area contributed by atoms with Crippen LogP contribution in [0.25, 0.3) is 0 Å². The van der Waals surface area contributed by atoms with Crippen LogP contribution in [-0.4, -0.2) is 37.3 Å². The number of ether oxygens (including phenoxy) is 3. The lowest BCUT2D eigenvalue weighted by molar-refractivity contribution is -0.251. The van der Waals surface area contributed by atoms with Crippen LogP contribution in [0.1, 0.15) is 51.7 Å². The maximum atomic E-state index is 6.55. The summed E-state index contributed by atoms with van der Waals surface area (Å²) in [6.45, 7) is 8.89. The van der Waals surface area contributed by atoms with Crippen molar-refractivity contribution in [2.75, 3.05) is 6.61 Å². The number of benzene rings is 2. The zero-order valence-electron chi connectivity index (χ0n) is 20.2. The van der Waals surface area contributed by atoms with Crippen LogP contribution in [0.4, 0.5) is 0 Å². The lowest BCUT2D eigenvalue weighted by atomic mass is 9.75. The maximum absolute atomic E-state index is 6.55. The third kappa shape index (κ3) is 6.89. The Balaban J connectivity index is 0.00000141. The molecule has 0 aliphatic carbocycles. The van der Waals surface area contributed by atoms with Gasteiger partial charge in [0.05, 0.1) is 24.9 Å². The minimum atomic E-state index is -0.249. The highest BCUT2D eigenvalue weighted by Crippen LogP contribution is 2.36. The normalized spacial score (nSPS) is 32.6. The van der Waals surface area contributed by atoms with Crippen LogP contribution in [-0.2, 0) is 27.1 Å². The molecule has 2 heterocycles. The van der Waals surface area contributed by atoms with Gasteiger partial charge < -0.3 is 19.9 Å². The third-order valence-electron chi connectivity index (χ3n) is 6.62. The molecular formula is C28H41NO3. The first-order valence-electron chi connectivity index (χ1n) is 12.3. The highest BCUT2D eigenvalue weighted by molar-refractivity contribution is 5.19. The van der Waals surface area contributed by atoms with Crippen molar-refractivity contribution in [2.45, 2.75) is 84.0 Å². The van der Waals surface area contributed by atoms with E-state index >= 15 is 0 Å². The predicted octanol–water partition coefficient (Wildman–Crippen LogP) is 5.39. The van der Waals surface area contributed by atoms with Gasteiger partial charge in [-0.1, -0.05) is 74.5 Å². The molecule has 2 aromatic rings. The van der Waals surface area contributed by atoms with Crippen LogP contribution in [0.3, 0.4) is 0 Å². The fourth-order valence-corrected chi connectivity index (χ4v) is 5.05. The van der Waals surface area contributed by atoms with Crippen LogP contribution >= 0.6 is 0 Å². The monoisotopic (exact) mass is 439 g/mol. The SMILES string of the molecule is CC.CC1CC(N)CC(OC2COC(C)C(Cc3ccccc3)C2Cc2ccccc2)O1. The zero-order chi connectivity index (χ0) is 22.9. The van der Waals surface area contributed by atoms with E-state index in [0.29, 0.717) is 18.4 Å². The smallest absolute Gasteiger partial charge is 0.159 e. The standard InChI is InChI=1S/C26H35NO3.C2H6/c1-18-13-22(27)16-26(29-18)30-25-17-28-19(2)23(14-20-9-5-3-6-10-20)24(25)15-21-11-7-4-8-12-21;1-2/h3-12,18-19,22-26H,13-17,27H2,1-2H3;1-2H3. The summed E-state index contributed by atoms with van der Waals surface area (Å²) < 4.78 is 18.9. The Hall–Kier alpha value is -1.72. The molecule has 2 aliphatic rings. The Labute approximate surface area is 194 Å². The quantitative estimate of drug-likeness (QED) is 0.656. The third-order valence-corrected chi connectivity index (χ3v) is 6.62. The molecule has 4 rings (SSSR count). The van der Waals surface area contributed by atoms with Gasteiger partial charge in [-0.2, -0.15) is 0 Å². The zero-order valence-corrected chi connectivity index (χ0v) is 20.2. The first-order valence-corrected chi connectivity index (χ1v) is 12.3. The fourth-order valence-electron chi connectivity index (χ4n) is 5.05. The van der Waals surface area contributed by atoms with Crippen LogP contribution < -0.4 is 5.73 Å². The van der Waals surface area contributed by atoms with Crippen molar-refractivity contribution in [1.82, 2.24) is 0 Å². The van der Waals surface area contributed by atoms with Crippen molar-refractivity contribution in [3.8, 4) is 0 Å². The van der Waals surface area contributed by atoms with Crippen molar-refractivity contribution in [3.05, 3.63) is 71.8 Å². The molecule has 2 aromatic carbocycles. The van der Waals surface area contributed by atoms with Crippen LogP contribution in [0.15, 0.2) is 60.7 Å². The Bertz CT molecular complexity index is 759. The molecule has 0 amide bonds. The summed E-state index contributed by atoms with van der Waals surface area (Å²) in [5.41, 5.74) is 8.93. The molecule has 0 spiro atoms. The van der Waals surface area contributed by atoms with E-state index in [1.165, 1.54) is 11.1 Å². The van der Waals surface area contributed by atoms with Gasteiger partial charge in [0.25, 0.3) is 0 Å². The van der Waals surface area contributed by atoms with Gasteiger partial charge in [0.2, 0.25) is 0 Å². The molecule has 0 bridgehead atoms. The van der Waals surface area contributed by atoms with E-state index in [2.05, 4.69) is 74.5 Å².